The number of benzene rings is 2. The number of carbonyl (C=O) groups is 2. The lowest BCUT2D eigenvalue weighted by Crippen LogP contribution is -2.45. The summed E-state index contributed by atoms with van der Waals surface area (Å²) in [6, 6.07) is 15.3. The summed E-state index contributed by atoms with van der Waals surface area (Å²) in [4.78, 5) is 24.9. The molecule has 2 aromatic carbocycles. The Morgan fingerprint density at radius 2 is 1.77 bits per heavy atom. The molecule has 0 aliphatic carbocycles. The summed E-state index contributed by atoms with van der Waals surface area (Å²) in [5, 5.41) is 11.6. The number of rotatable bonds is 6. The zero-order chi connectivity index (χ0) is 19.1. The Bertz CT molecular complexity index is 820. The van der Waals surface area contributed by atoms with E-state index >= 15 is 0 Å². The fraction of sp³-hybridized carbons (Fsp3) is 0.286. The summed E-state index contributed by atoms with van der Waals surface area (Å²) in [6.45, 7) is 5.65. The smallest absolute Gasteiger partial charge is 0.329 e. The Morgan fingerprint density at radius 1 is 1.12 bits per heavy atom. The molecule has 0 aliphatic rings. The van der Waals surface area contributed by atoms with Crippen molar-refractivity contribution >= 4 is 11.9 Å². The molecule has 1 N–H and O–H groups in total. The van der Waals surface area contributed by atoms with E-state index in [9.17, 15) is 9.59 Å². The molecule has 0 radical (unpaired) electrons. The van der Waals surface area contributed by atoms with Gasteiger partial charge in [-0.25, -0.2) is 4.79 Å². The van der Waals surface area contributed by atoms with Crippen LogP contribution >= 0.6 is 0 Å². The van der Waals surface area contributed by atoms with Gasteiger partial charge in [-0.15, -0.1) is 0 Å². The van der Waals surface area contributed by atoms with E-state index in [4.69, 9.17) is 10.00 Å². The average molecular weight is 350 g/mol. The second kappa shape index (κ2) is 8.82. The second-order valence-electron chi connectivity index (χ2n) is 6.43. The number of carbonyl (C=O) groups excluding carboxylic acids is 2. The maximum atomic E-state index is 12.5. The van der Waals surface area contributed by atoms with Gasteiger partial charge in [0.2, 0.25) is 0 Å². The molecule has 1 amide bonds. The van der Waals surface area contributed by atoms with E-state index in [0.29, 0.717) is 11.1 Å². The van der Waals surface area contributed by atoms with Crippen LogP contribution in [0.1, 0.15) is 40.9 Å². The maximum absolute atomic E-state index is 12.5. The SMILES string of the molecule is Cc1ccccc1C(=O)N[C@H](C(=O)OCc1ccc(C#N)cc1)C(C)C. The molecule has 5 heteroatoms. The minimum absolute atomic E-state index is 0.0913. The summed E-state index contributed by atoms with van der Waals surface area (Å²) in [5.41, 5.74) is 2.72. The Hall–Kier alpha value is -3.13. The van der Waals surface area contributed by atoms with Crippen molar-refractivity contribution in [3.63, 3.8) is 0 Å². The summed E-state index contributed by atoms with van der Waals surface area (Å²) in [6.07, 6.45) is 0. The minimum Gasteiger partial charge on any atom is -0.459 e. The quantitative estimate of drug-likeness (QED) is 0.810. The molecular formula is C21H22N2O3. The van der Waals surface area contributed by atoms with Crippen LogP contribution in [0, 0.1) is 24.2 Å². The molecule has 0 saturated heterocycles. The molecule has 0 aliphatic heterocycles. The summed E-state index contributed by atoms with van der Waals surface area (Å²) < 4.78 is 5.36. The van der Waals surface area contributed by atoms with E-state index in [1.165, 1.54) is 0 Å². The average Bonchev–Trinajstić information content (AvgIpc) is 2.64. The fourth-order valence-electron chi connectivity index (χ4n) is 2.46. The molecule has 1 atom stereocenters. The molecule has 26 heavy (non-hydrogen) atoms. The van der Waals surface area contributed by atoms with Crippen LogP contribution in [-0.2, 0) is 16.1 Å². The van der Waals surface area contributed by atoms with Crippen LogP contribution in [0.4, 0.5) is 0 Å². The van der Waals surface area contributed by atoms with Gasteiger partial charge in [0.15, 0.2) is 0 Å². The predicted octanol–water partition coefficient (Wildman–Crippen LogP) is 3.36. The first-order valence-electron chi connectivity index (χ1n) is 8.44. The molecule has 0 spiro atoms. The number of nitriles is 1. The Morgan fingerprint density at radius 3 is 2.35 bits per heavy atom. The zero-order valence-electron chi connectivity index (χ0n) is 15.2. The van der Waals surface area contributed by atoms with E-state index in [0.717, 1.165) is 11.1 Å². The van der Waals surface area contributed by atoms with E-state index in [1.807, 2.05) is 39.0 Å². The highest BCUT2D eigenvalue weighted by Gasteiger charge is 2.26. The van der Waals surface area contributed by atoms with Crippen molar-refractivity contribution in [1.82, 2.24) is 5.32 Å². The molecule has 134 valence electrons. The lowest BCUT2D eigenvalue weighted by Gasteiger charge is -2.21. The first kappa shape index (κ1) is 19.2. The number of nitrogens with zero attached hydrogens (tertiary/aromatic N) is 1. The van der Waals surface area contributed by atoms with Gasteiger partial charge in [0.05, 0.1) is 11.6 Å². The Balaban J connectivity index is 2.01. The van der Waals surface area contributed by atoms with Gasteiger partial charge in [-0.3, -0.25) is 4.79 Å². The molecule has 5 nitrogen and oxygen atoms in total. The highest BCUT2D eigenvalue weighted by Crippen LogP contribution is 2.12. The van der Waals surface area contributed by atoms with Crippen molar-refractivity contribution in [3.05, 3.63) is 70.8 Å². The van der Waals surface area contributed by atoms with Crippen molar-refractivity contribution in [1.29, 1.82) is 5.26 Å². The summed E-state index contributed by atoms with van der Waals surface area (Å²) in [7, 11) is 0. The summed E-state index contributed by atoms with van der Waals surface area (Å²) in [5.74, 6) is -0.889. The summed E-state index contributed by atoms with van der Waals surface area (Å²) >= 11 is 0. The van der Waals surface area contributed by atoms with Crippen LogP contribution in [0.25, 0.3) is 0 Å². The lowest BCUT2D eigenvalue weighted by molar-refractivity contribution is -0.148. The zero-order valence-corrected chi connectivity index (χ0v) is 15.2. The fourth-order valence-corrected chi connectivity index (χ4v) is 2.46. The monoisotopic (exact) mass is 350 g/mol. The standard InChI is InChI=1S/C21H22N2O3/c1-14(2)19(23-20(24)18-7-5-4-6-15(18)3)21(25)26-13-17-10-8-16(12-22)9-11-17/h4-11,14,19H,13H2,1-3H3,(H,23,24)/t19-/m0/s1. The topological polar surface area (TPSA) is 79.2 Å². The highest BCUT2D eigenvalue weighted by molar-refractivity contribution is 5.98. The largest absolute Gasteiger partial charge is 0.459 e. The minimum atomic E-state index is -0.736. The maximum Gasteiger partial charge on any atom is 0.329 e. The van der Waals surface area contributed by atoms with Gasteiger partial charge in [0.1, 0.15) is 12.6 Å². The van der Waals surface area contributed by atoms with Crippen LogP contribution in [0.15, 0.2) is 48.5 Å². The van der Waals surface area contributed by atoms with Crippen molar-refractivity contribution in [2.45, 2.75) is 33.4 Å². The number of hydrogen-bond donors (Lipinski definition) is 1. The number of nitrogens with one attached hydrogen (secondary N) is 1. The number of esters is 1. The van der Waals surface area contributed by atoms with Crippen molar-refractivity contribution in [2.24, 2.45) is 5.92 Å². The predicted molar refractivity (Wildman–Crippen MR) is 98.2 cm³/mol. The van der Waals surface area contributed by atoms with Gasteiger partial charge in [-0.1, -0.05) is 44.2 Å². The molecule has 0 fully saturated rings. The molecule has 0 saturated carbocycles. The van der Waals surface area contributed by atoms with Crippen molar-refractivity contribution in [3.8, 4) is 6.07 Å². The van der Waals surface area contributed by atoms with Gasteiger partial charge >= 0.3 is 5.97 Å². The van der Waals surface area contributed by atoms with Gasteiger partial charge in [-0.05, 0) is 42.2 Å². The third kappa shape index (κ3) is 4.93. The third-order valence-corrected chi connectivity index (χ3v) is 4.06. The molecule has 0 heterocycles. The number of ether oxygens (including phenoxy) is 1. The molecule has 0 unspecified atom stereocenters. The van der Waals surface area contributed by atoms with Gasteiger partial charge in [-0.2, -0.15) is 5.26 Å². The number of amides is 1. The lowest BCUT2D eigenvalue weighted by atomic mass is 10.0. The normalized spacial score (nSPS) is 11.5. The van der Waals surface area contributed by atoms with Crippen LogP contribution in [0.2, 0.25) is 0 Å². The Kier molecular flexibility index (Phi) is 6.51. The highest BCUT2D eigenvalue weighted by atomic mass is 16.5. The molecule has 2 aromatic rings. The Labute approximate surface area is 153 Å². The molecule has 0 bridgehead atoms. The van der Waals surface area contributed by atoms with E-state index < -0.39 is 12.0 Å². The van der Waals surface area contributed by atoms with Crippen LogP contribution in [-0.4, -0.2) is 17.9 Å². The number of aryl methyl sites for hydroxylation is 1. The van der Waals surface area contributed by atoms with Gasteiger partial charge in [0, 0.05) is 5.56 Å². The molecular weight excluding hydrogens is 328 g/mol. The van der Waals surface area contributed by atoms with Gasteiger partial charge < -0.3 is 10.1 Å². The molecule has 0 aromatic heterocycles. The van der Waals surface area contributed by atoms with E-state index in [2.05, 4.69) is 5.32 Å². The van der Waals surface area contributed by atoms with Crippen LogP contribution in [0.5, 0.6) is 0 Å². The van der Waals surface area contributed by atoms with Gasteiger partial charge in [0.25, 0.3) is 5.91 Å². The molecule has 2 rings (SSSR count). The van der Waals surface area contributed by atoms with Crippen LogP contribution in [0.3, 0.4) is 0 Å². The third-order valence-electron chi connectivity index (χ3n) is 4.06. The van der Waals surface area contributed by atoms with E-state index in [-0.39, 0.29) is 18.4 Å². The van der Waals surface area contributed by atoms with Crippen molar-refractivity contribution in [2.75, 3.05) is 0 Å². The van der Waals surface area contributed by atoms with Crippen molar-refractivity contribution < 1.29 is 14.3 Å². The van der Waals surface area contributed by atoms with E-state index in [1.54, 1.807) is 36.4 Å². The second-order valence-corrected chi connectivity index (χ2v) is 6.43. The van der Waals surface area contributed by atoms with Crippen LogP contribution < -0.4 is 5.32 Å². The number of hydrogen-bond acceptors (Lipinski definition) is 4. The first-order chi connectivity index (χ1) is 12.4. The first-order valence-corrected chi connectivity index (χ1v) is 8.44.